The fraction of sp³-hybridized carbons (Fsp3) is 0.500. The first-order chi connectivity index (χ1) is 19.0. The van der Waals surface area contributed by atoms with Gasteiger partial charge in [-0.3, -0.25) is 14.6 Å². The highest BCUT2D eigenvalue weighted by Crippen LogP contribution is 2.32. The molecule has 0 aromatic carbocycles. The number of aliphatic hydroxyl groups is 1. The quantitative estimate of drug-likeness (QED) is 0.335. The summed E-state index contributed by atoms with van der Waals surface area (Å²) >= 11 is 0. The molecule has 0 saturated heterocycles. The number of nitriles is 1. The smallest absolute Gasteiger partial charge is 0.255 e. The van der Waals surface area contributed by atoms with Crippen LogP contribution in [0.3, 0.4) is 0 Å². The van der Waals surface area contributed by atoms with E-state index in [0.717, 1.165) is 31.2 Å². The third kappa shape index (κ3) is 6.83. The van der Waals surface area contributed by atoms with E-state index in [0.29, 0.717) is 40.8 Å². The number of nitrogens with zero attached hydrogens (tertiary/aromatic N) is 4. The molecule has 10 heteroatoms. The molecule has 3 heterocycles. The molecule has 3 aromatic rings. The average molecular weight is 549 g/mol. The number of carbonyl (C=O) groups excluding carboxylic acids is 2. The van der Waals surface area contributed by atoms with Gasteiger partial charge in [0.25, 0.3) is 5.91 Å². The minimum absolute atomic E-state index is 0.0404. The van der Waals surface area contributed by atoms with Gasteiger partial charge in [0.1, 0.15) is 18.0 Å². The van der Waals surface area contributed by atoms with E-state index in [1.807, 2.05) is 26.0 Å². The first kappa shape index (κ1) is 29.2. The van der Waals surface area contributed by atoms with Gasteiger partial charge in [-0.05, 0) is 69.7 Å². The van der Waals surface area contributed by atoms with Gasteiger partial charge < -0.3 is 15.7 Å². The standard InChI is InChI=1S/C30H37FN6O3/c1-18(2)27(38)12-19-5-7-21(8-6-19)36-24-13-25(26-10-9-22-11-20(14-32)15-35-37(22)26)33-16-23(24)29(39)34-17-28(31)30(3,4)40/h9-11,13,15-16,18-19,21,28,40H,5-8,12,17H2,1-4H3,(H,33,36)(H,34,39)/t19?,21?,28-/m1/s1. The molecule has 1 atom stereocenters. The van der Waals surface area contributed by atoms with Crippen LogP contribution in [0.5, 0.6) is 0 Å². The fourth-order valence-electron chi connectivity index (χ4n) is 4.93. The van der Waals surface area contributed by atoms with Gasteiger partial charge in [-0.1, -0.05) is 13.8 Å². The van der Waals surface area contributed by atoms with E-state index in [4.69, 9.17) is 0 Å². The molecule has 1 aliphatic carbocycles. The zero-order valence-corrected chi connectivity index (χ0v) is 23.4. The molecule has 3 aromatic heterocycles. The second kappa shape index (κ2) is 12.1. The van der Waals surface area contributed by atoms with Gasteiger partial charge in [-0.2, -0.15) is 10.4 Å². The summed E-state index contributed by atoms with van der Waals surface area (Å²) in [6.45, 7) is 6.23. The Morgan fingerprint density at radius 1 is 1.20 bits per heavy atom. The second-order valence-electron chi connectivity index (χ2n) is 11.5. The van der Waals surface area contributed by atoms with Gasteiger partial charge in [0.15, 0.2) is 0 Å². The summed E-state index contributed by atoms with van der Waals surface area (Å²) in [5, 5.41) is 29.6. The predicted octanol–water partition coefficient (Wildman–Crippen LogP) is 4.69. The summed E-state index contributed by atoms with van der Waals surface area (Å²) in [7, 11) is 0. The monoisotopic (exact) mass is 548 g/mol. The number of hydrogen-bond acceptors (Lipinski definition) is 7. The molecule has 1 aliphatic rings. The third-order valence-electron chi connectivity index (χ3n) is 7.59. The van der Waals surface area contributed by atoms with Crippen molar-refractivity contribution >= 4 is 22.9 Å². The van der Waals surface area contributed by atoms with Crippen LogP contribution in [0.4, 0.5) is 10.1 Å². The number of hydrogen-bond donors (Lipinski definition) is 3. The molecule has 9 nitrogen and oxygen atoms in total. The van der Waals surface area contributed by atoms with Gasteiger partial charge in [0, 0.05) is 24.6 Å². The molecule has 212 valence electrons. The van der Waals surface area contributed by atoms with Crippen molar-refractivity contribution < 1.29 is 19.1 Å². The number of alkyl halides is 1. The first-order valence-electron chi connectivity index (χ1n) is 13.8. The van der Waals surface area contributed by atoms with Crippen LogP contribution in [0.2, 0.25) is 0 Å². The van der Waals surface area contributed by atoms with Crippen molar-refractivity contribution in [2.75, 3.05) is 11.9 Å². The largest absolute Gasteiger partial charge is 0.387 e. The van der Waals surface area contributed by atoms with E-state index in [-0.39, 0.29) is 24.1 Å². The molecule has 1 fully saturated rings. The number of fused-ring (bicyclic) bond motifs is 1. The first-order valence-corrected chi connectivity index (χ1v) is 13.8. The van der Waals surface area contributed by atoms with E-state index in [1.165, 1.54) is 26.2 Å². The number of ketones is 1. The van der Waals surface area contributed by atoms with Gasteiger partial charge in [0.2, 0.25) is 0 Å². The highest BCUT2D eigenvalue weighted by Gasteiger charge is 2.28. The molecule has 40 heavy (non-hydrogen) atoms. The molecule has 0 bridgehead atoms. The molecular weight excluding hydrogens is 511 g/mol. The van der Waals surface area contributed by atoms with E-state index >= 15 is 0 Å². The van der Waals surface area contributed by atoms with Crippen molar-refractivity contribution in [3.63, 3.8) is 0 Å². The van der Waals surface area contributed by atoms with Crippen LogP contribution in [0.1, 0.15) is 75.7 Å². The number of anilines is 1. The van der Waals surface area contributed by atoms with Crippen molar-refractivity contribution in [3.8, 4) is 17.5 Å². The van der Waals surface area contributed by atoms with Gasteiger partial charge in [0.05, 0.1) is 52.1 Å². The SMILES string of the molecule is CC(C)C(=O)CC1CCC(Nc2cc(-c3ccc4cc(C#N)cnn34)ncc2C(=O)NC[C@@H](F)C(C)(C)O)CC1. The fourth-order valence-corrected chi connectivity index (χ4v) is 4.93. The Morgan fingerprint density at radius 2 is 1.93 bits per heavy atom. The molecular formula is C30H37FN6O3. The van der Waals surface area contributed by atoms with Crippen LogP contribution in [-0.2, 0) is 4.79 Å². The number of carbonyl (C=O) groups is 2. The zero-order valence-electron chi connectivity index (χ0n) is 23.4. The van der Waals surface area contributed by atoms with E-state index in [1.54, 1.807) is 16.6 Å². The molecule has 3 N–H and O–H groups in total. The number of Topliss-reactive ketones (excluding diaryl/α,β-unsaturated/α-hetero) is 1. The van der Waals surface area contributed by atoms with Crippen LogP contribution in [0, 0.1) is 23.2 Å². The van der Waals surface area contributed by atoms with Gasteiger partial charge >= 0.3 is 0 Å². The van der Waals surface area contributed by atoms with Crippen molar-refractivity contribution in [3.05, 3.63) is 47.8 Å². The topological polar surface area (TPSA) is 132 Å². The Bertz CT molecular complexity index is 1410. The second-order valence-corrected chi connectivity index (χ2v) is 11.5. The number of nitrogens with one attached hydrogen (secondary N) is 2. The molecule has 0 aliphatic heterocycles. The Labute approximate surface area is 233 Å². The van der Waals surface area contributed by atoms with Crippen LogP contribution >= 0.6 is 0 Å². The normalized spacial score (nSPS) is 18.4. The predicted molar refractivity (Wildman–Crippen MR) is 150 cm³/mol. The molecule has 1 saturated carbocycles. The lowest BCUT2D eigenvalue weighted by atomic mass is 9.81. The summed E-state index contributed by atoms with van der Waals surface area (Å²) in [6.07, 6.45) is 5.44. The van der Waals surface area contributed by atoms with Crippen molar-refractivity contribution in [2.24, 2.45) is 11.8 Å². The van der Waals surface area contributed by atoms with E-state index in [2.05, 4.69) is 26.8 Å². The Hall–Kier alpha value is -3.84. The number of aromatic nitrogens is 3. The molecule has 0 unspecified atom stereocenters. The summed E-state index contributed by atoms with van der Waals surface area (Å²) in [5.41, 5.74) is 1.70. The summed E-state index contributed by atoms with van der Waals surface area (Å²) < 4.78 is 16.0. The summed E-state index contributed by atoms with van der Waals surface area (Å²) in [5.74, 6) is 0.199. The van der Waals surface area contributed by atoms with E-state index in [9.17, 15) is 24.3 Å². The zero-order chi connectivity index (χ0) is 29.0. The minimum Gasteiger partial charge on any atom is -0.387 e. The Morgan fingerprint density at radius 3 is 2.58 bits per heavy atom. The Kier molecular flexibility index (Phi) is 8.84. The van der Waals surface area contributed by atoms with Crippen molar-refractivity contribution in [2.45, 2.75) is 77.6 Å². The number of halogens is 1. The van der Waals surface area contributed by atoms with Crippen molar-refractivity contribution in [1.29, 1.82) is 5.26 Å². The van der Waals surface area contributed by atoms with Gasteiger partial charge in [-0.15, -0.1) is 0 Å². The molecule has 0 spiro atoms. The number of pyridine rings is 1. The van der Waals surface area contributed by atoms with Crippen LogP contribution in [0.25, 0.3) is 16.9 Å². The summed E-state index contributed by atoms with van der Waals surface area (Å²) in [6, 6.07) is 9.39. The third-order valence-corrected chi connectivity index (χ3v) is 7.59. The lowest BCUT2D eigenvalue weighted by Crippen LogP contribution is -2.42. The maximum atomic E-state index is 14.3. The highest BCUT2D eigenvalue weighted by atomic mass is 19.1. The molecule has 0 radical (unpaired) electrons. The molecule has 4 rings (SSSR count). The summed E-state index contributed by atoms with van der Waals surface area (Å²) in [4.78, 5) is 29.9. The molecule has 1 amide bonds. The number of amides is 1. The van der Waals surface area contributed by atoms with Crippen LogP contribution < -0.4 is 10.6 Å². The average Bonchev–Trinajstić information content (AvgIpc) is 3.35. The maximum absolute atomic E-state index is 14.3. The van der Waals surface area contributed by atoms with Crippen LogP contribution in [0.15, 0.2) is 36.7 Å². The highest BCUT2D eigenvalue weighted by molar-refractivity contribution is 6.00. The maximum Gasteiger partial charge on any atom is 0.255 e. The lowest BCUT2D eigenvalue weighted by molar-refractivity contribution is -0.123. The Balaban J connectivity index is 1.58. The van der Waals surface area contributed by atoms with Gasteiger partial charge in [-0.25, -0.2) is 8.91 Å². The van der Waals surface area contributed by atoms with Crippen LogP contribution in [-0.4, -0.2) is 55.8 Å². The minimum atomic E-state index is -1.64. The number of rotatable bonds is 10. The lowest BCUT2D eigenvalue weighted by Gasteiger charge is -2.30. The van der Waals surface area contributed by atoms with E-state index < -0.39 is 17.7 Å². The van der Waals surface area contributed by atoms with Crippen molar-refractivity contribution in [1.82, 2.24) is 19.9 Å².